The maximum absolute atomic E-state index is 13.9. The molecule has 2 rings (SSSR count). The van der Waals surface area contributed by atoms with Gasteiger partial charge in [-0.3, -0.25) is 0 Å². The number of oxazole rings is 1. The van der Waals surface area contributed by atoms with Crippen LogP contribution in [0, 0.1) is 11.6 Å². The fourth-order valence-corrected chi connectivity index (χ4v) is 1.68. The Hall–Kier alpha value is -2.11. The molecule has 0 aliphatic rings. The highest BCUT2D eigenvalue weighted by atomic mass is 19.1. The van der Waals surface area contributed by atoms with Crippen molar-refractivity contribution >= 4 is 6.01 Å². The van der Waals surface area contributed by atoms with E-state index >= 15 is 0 Å². The minimum absolute atomic E-state index is 0.0191. The van der Waals surface area contributed by atoms with E-state index in [1.807, 2.05) is 6.92 Å². The van der Waals surface area contributed by atoms with Crippen molar-refractivity contribution in [3.05, 3.63) is 29.5 Å². The van der Waals surface area contributed by atoms with Crippen LogP contribution in [0.25, 0.3) is 11.3 Å². The number of ether oxygens (including phenoxy) is 1. The molecule has 6 heteroatoms. The Morgan fingerprint density at radius 3 is 2.67 bits per heavy atom. The monoisotopic (exact) mass is 254 g/mol. The number of hydrogen-bond donors (Lipinski definition) is 1. The average Bonchev–Trinajstić information content (AvgIpc) is 2.72. The van der Waals surface area contributed by atoms with E-state index < -0.39 is 11.6 Å². The first-order valence-electron chi connectivity index (χ1n) is 5.35. The summed E-state index contributed by atoms with van der Waals surface area (Å²) in [6.07, 6.45) is 0.503. The van der Waals surface area contributed by atoms with Gasteiger partial charge in [0.15, 0.2) is 17.3 Å². The van der Waals surface area contributed by atoms with Crippen molar-refractivity contribution in [3.63, 3.8) is 0 Å². The van der Waals surface area contributed by atoms with Crippen LogP contribution in [0.3, 0.4) is 0 Å². The largest absolute Gasteiger partial charge is 0.494 e. The summed E-state index contributed by atoms with van der Waals surface area (Å²) in [5.74, 6) is -1.35. The van der Waals surface area contributed by atoms with E-state index in [9.17, 15) is 8.78 Å². The van der Waals surface area contributed by atoms with Gasteiger partial charge < -0.3 is 14.9 Å². The lowest BCUT2D eigenvalue weighted by Gasteiger charge is -2.05. The fourth-order valence-electron chi connectivity index (χ4n) is 1.68. The second-order valence-electron chi connectivity index (χ2n) is 3.65. The quantitative estimate of drug-likeness (QED) is 0.914. The Balaban J connectivity index is 2.60. The zero-order chi connectivity index (χ0) is 13.3. The van der Waals surface area contributed by atoms with Gasteiger partial charge in [0.05, 0.1) is 18.4 Å². The van der Waals surface area contributed by atoms with Crippen LogP contribution in [-0.4, -0.2) is 12.1 Å². The molecular weight excluding hydrogens is 242 g/mol. The molecule has 0 radical (unpaired) electrons. The molecule has 0 unspecified atom stereocenters. The number of aromatic nitrogens is 1. The van der Waals surface area contributed by atoms with E-state index in [2.05, 4.69) is 4.98 Å². The highest BCUT2D eigenvalue weighted by molar-refractivity contribution is 5.63. The van der Waals surface area contributed by atoms with Crippen molar-refractivity contribution in [2.75, 3.05) is 12.8 Å². The topological polar surface area (TPSA) is 61.3 Å². The number of nitrogens with two attached hydrogens (primary N) is 1. The van der Waals surface area contributed by atoms with Crippen LogP contribution in [0.1, 0.15) is 12.6 Å². The molecule has 4 nitrogen and oxygen atoms in total. The van der Waals surface area contributed by atoms with Crippen LogP contribution in [-0.2, 0) is 6.42 Å². The molecule has 0 fully saturated rings. The third kappa shape index (κ3) is 2.01. The number of benzene rings is 1. The van der Waals surface area contributed by atoms with E-state index in [-0.39, 0.29) is 23.1 Å². The van der Waals surface area contributed by atoms with Crippen molar-refractivity contribution in [2.24, 2.45) is 0 Å². The van der Waals surface area contributed by atoms with Gasteiger partial charge in [-0.15, -0.1) is 0 Å². The number of methoxy groups -OCH3 is 1. The molecule has 0 aliphatic carbocycles. The summed E-state index contributed by atoms with van der Waals surface area (Å²) < 4.78 is 37.2. The number of rotatable bonds is 3. The summed E-state index contributed by atoms with van der Waals surface area (Å²) in [6, 6.07) is 1.90. The van der Waals surface area contributed by atoms with Gasteiger partial charge in [-0.2, -0.15) is 4.98 Å². The third-order valence-electron chi connectivity index (χ3n) is 2.53. The molecule has 0 spiro atoms. The van der Waals surface area contributed by atoms with Crippen LogP contribution in [0.2, 0.25) is 0 Å². The molecule has 0 saturated heterocycles. The Bertz CT molecular complexity index is 582. The molecule has 2 N–H and O–H groups in total. The summed E-state index contributed by atoms with van der Waals surface area (Å²) in [4.78, 5) is 3.91. The highest BCUT2D eigenvalue weighted by Crippen LogP contribution is 2.32. The minimum Gasteiger partial charge on any atom is -0.494 e. The predicted molar refractivity (Wildman–Crippen MR) is 62.2 cm³/mol. The summed E-state index contributed by atoms with van der Waals surface area (Å²) in [6.45, 7) is 1.82. The molecule has 1 heterocycles. The number of nitrogens with zero attached hydrogens (tertiary/aromatic N) is 1. The maximum atomic E-state index is 13.9. The zero-order valence-electron chi connectivity index (χ0n) is 9.96. The van der Waals surface area contributed by atoms with Crippen molar-refractivity contribution in [3.8, 4) is 17.1 Å². The third-order valence-corrected chi connectivity index (χ3v) is 2.53. The van der Waals surface area contributed by atoms with E-state index in [4.69, 9.17) is 14.9 Å². The smallest absolute Gasteiger partial charge is 0.292 e. The van der Waals surface area contributed by atoms with Crippen molar-refractivity contribution in [2.45, 2.75) is 13.3 Å². The number of nitrogen functional groups attached to an aromatic ring is 1. The number of hydrogen-bond acceptors (Lipinski definition) is 4. The van der Waals surface area contributed by atoms with Crippen molar-refractivity contribution in [1.29, 1.82) is 0 Å². The maximum Gasteiger partial charge on any atom is 0.292 e. The van der Waals surface area contributed by atoms with Crippen LogP contribution < -0.4 is 10.5 Å². The molecule has 1 aromatic carbocycles. The van der Waals surface area contributed by atoms with Gasteiger partial charge in [0.1, 0.15) is 5.82 Å². The number of halogens is 2. The predicted octanol–water partition coefficient (Wildman–Crippen LogP) is 2.77. The first-order valence-corrected chi connectivity index (χ1v) is 5.35. The fraction of sp³-hybridized carbons (Fsp3) is 0.250. The van der Waals surface area contributed by atoms with Gasteiger partial charge in [0, 0.05) is 6.07 Å². The molecule has 2 aromatic rings. The van der Waals surface area contributed by atoms with Crippen molar-refractivity contribution in [1.82, 2.24) is 4.98 Å². The van der Waals surface area contributed by atoms with Gasteiger partial charge in [-0.1, -0.05) is 6.92 Å². The Kier molecular flexibility index (Phi) is 3.18. The summed E-state index contributed by atoms with van der Waals surface area (Å²) in [5, 5.41) is 0. The van der Waals surface area contributed by atoms with Crippen LogP contribution in [0.15, 0.2) is 16.5 Å². The lowest BCUT2D eigenvalue weighted by atomic mass is 10.1. The van der Waals surface area contributed by atoms with E-state index in [1.165, 1.54) is 7.11 Å². The Labute approximate surface area is 102 Å². The normalized spacial score (nSPS) is 10.7. The molecule has 0 amide bonds. The Morgan fingerprint density at radius 1 is 1.33 bits per heavy atom. The second-order valence-corrected chi connectivity index (χ2v) is 3.65. The van der Waals surface area contributed by atoms with E-state index in [1.54, 1.807) is 0 Å². The van der Waals surface area contributed by atoms with Crippen LogP contribution >= 0.6 is 0 Å². The number of anilines is 1. The first kappa shape index (κ1) is 12.3. The SMILES string of the molecule is CCc1nc(N)oc1-c1cc(F)c(OC)cc1F. The first-order chi connectivity index (χ1) is 8.56. The number of aryl methyl sites for hydroxylation is 1. The summed E-state index contributed by atoms with van der Waals surface area (Å²) in [5.41, 5.74) is 5.88. The highest BCUT2D eigenvalue weighted by Gasteiger charge is 2.19. The van der Waals surface area contributed by atoms with Crippen LogP contribution in [0.4, 0.5) is 14.8 Å². The van der Waals surface area contributed by atoms with E-state index in [0.717, 1.165) is 12.1 Å². The Morgan fingerprint density at radius 2 is 2.06 bits per heavy atom. The molecule has 0 atom stereocenters. The lowest BCUT2D eigenvalue weighted by Crippen LogP contribution is -1.94. The van der Waals surface area contributed by atoms with Gasteiger partial charge in [0.2, 0.25) is 0 Å². The standard InChI is InChI=1S/C12H12F2N2O2/c1-3-9-11(18-12(15)16-9)6-4-8(14)10(17-2)5-7(6)13/h4-5H,3H2,1-2H3,(H2,15,16). The molecule has 0 bridgehead atoms. The zero-order valence-corrected chi connectivity index (χ0v) is 9.96. The summed E-state index contributed by atoms with van der Waals surface area (Å²) in [7, 11) is 1.27. The molecular formula is C12H12F2N2O2. The lowest BCUT2D eigenvalue weighted by molar-refractivity contribution is 0.383. The van der Waals surface area contributed by atoms with Gasteiger partial charge in [-0.25, -0.2) is 8.78 Å². The molecule has 96 valence electrons. The van der Waals surface area contributed by atoms with Gasteiger partial charge >= 0.3 is 0 Å². The van der Waals surface area contributed by atoms with Gasteiger partial charge in [0.25, 0.3) is 6.01 Å². The minimum atomic E-state index is -0.675. The average molecular weight is 254 g/mol. The van der Waals surface area contributed by atoms with Gasteiger partial charge in [-0.05, 0) is 12.5 Å². The molecule has 1 aromatic heterocycles. The van der Waals surface area contributed by atoms with Crippen LogP contribution in [0.5, 0.6) is 5.75 Å². The molecule has 18 heavy (non-hydrogen) atoms. The second kappa shape index (κ2) is 4.64. The molecule has 0 aliphatic heterocycles. The van der Waals surface area contributed by atoms with E-state index in [0.29, 0.717) is 12.1 Å². The summed E-state index contributed by atoms with van der Waals surface area (Å²) >= 11 is 0. The molecule has 0 saturated carbocycles. The van der Waals surface area contributed by atoms with Crippen molar-refractivity contribution < 1.29 is 17.9 Å².